The van der Waals surface area contributed by atoms with Crippen molar-refractivity contribution in [3.63, 3.8) is 0 Å². The van der Waals surface area contributed by atoms with Crippen LogP contribution in [0.4, 0.5) is 4.79 Å². The molecule has 0 bridgehead atoms. The molecule has 6 amide bonds. The van der Waals surface area contributed by atoms with Crippen LogP contribution >= 0.6 is 0 Å². The molecule has 0 unspecified atom stereocenters. The second-order valence-electron chi connectivity index (χ2n) is 7.06. The maximum Gasteiger partial charge on any atom is 0.332 e. The van der Waals surface area contributed by atoms with Crippen molar-refractivity contribution in [1.29, 1.82) is 0 Å². The summed E-state index contributed by atoms with van der Waals surface area (Å²) < 4.78 is 0. The maximum absolute atomic E-state index is 13.0. The van der Waals surface area contributed by atoms with Gasteiger partial charge in [0.1, 0.15) is 5.82 Å². The molecule has 0 N–H and O–H groups in total. The Hall–Kier alpha value is -3.37. The molecule has 0 saturated carbocycles. The lowest BCUT2D eigenvalue weighted by Gasteiger charge is -2.43. The Balaban J connectivity index is 2.58. The lowest BCUT2D eigenvalue weighted by molar-refractivity contribution is -0.172. The van der Waals surface area contributed by atoms with Crippen LogP contribution in [-0.4, -0.2) is 89.0 Å². The fourth-order valence-electron chi connectivity index (χ4n) is 3.23. The van der Waals surface area contributed by atoms with Crippen LogP contribution in [0.1, 0.15) is 13.8 Å². The summed E-state index contributed by atoms with van der Waals surface area (Å²) in [7, 11) is 4.63. The van der Waals surface area contributed by atoms with Crippen LogP contribution in [0.15, 0.2) is 12.4 Å². The van der Waals surface area contributed by atoms with E-state index in [0.717, 1.165) is 37.7 Å². The van der Waals surface area contributed by atoms with E-state index in [2.05, 4.69) is 6.58 Å². The molecule has 150 valence electrons. The molecule has 0 atom stereocenters. The maximum atomic E-state index is 13.0. The molecule has 0 aliphatic carbocycles. The summed E-state index contributed by atoms with van der Waals surface area (Å²) >= 11 is 0. The third kappa shape index (κ3) is 2.25. The lowest BCUT2D eigenvalue weighted by Crippen LogP contribution is -2.68. The van der Waals surface area contributed by atoms with Gasteiger partial charge < -0.3 is 9.80 Å². The molecule has 2 heterocycles. The number of barbiturate groups is 1. The van der Waals surface area contributed by atoms with E-state index in [-0.39, 0.29) is 5.82 Å². The molecule has 0 spiro atoms. The van der Waals surface area contributed by atoms with Crippen molar-refractivity contribution in [2.24, 2.45) is 10.8 Å². The monoisotopic (exact) mass is 392 g/mol. The molecule has 0 aromatic rings. The van der Waals surface area contributed by atoms with Crippen LogP contribution in [0.2, 0.25) is 0 Å². The average molecular weight is 392 g/mol. The zero-order valence-corrected chi connectivity index (χ0v) is 16.4. The van der Waals surface area contributed by atoms with E-state index in [1.807, 2.05) is 0 Å². The van der Waals surface area contributed by atoms with Crippen molar-refractivity contribution in [2.45, 2.75) is 13.8 Å². The zero-order chi connectivity index (χ0) is 21.9. The number of amides is 6. The van der Waals surface area contributed by atoms with Crippen molar-refractivity contribution in [1.82, 2.24) is 19.6 Å². The minimum absolute atomic E-state index is 0.00572. The van der Waals surface area contributed by atoms with Gasteiger partial charge in [-0.25, -0.2) is 4.79 Å². The van der Waals surface area contributed by atoms with Crippen molar-refractivity contribution in [3.05, 3.63) is 12.4 Å². The number of nitrogens with zero attached hydrogens (tertiary/aromatic N) is 4. The molecule has 2 saturated heterocycles. The average Bonchev–Trinajstić information content (AvgIpc) is 2.69. The van der Waals surface area contributed by atoms with Crippen LogP contribution in [0.5, 0.6) is 0 Å². The highest BCUT2D eigenvalue weighted by Gasteiger charge is 2.65. The summed E-state index contributed by atoms with van der Waals surface area (Å²) in [6.45, 7) is 5.41. The normalized spacial score (nSPS) is 22.2. The van der Waals surface area contributed by atoms with Gasteiger partial charge in [0.2, 0.25) is 11.6 Å². The second-order valence-corrected chi connectivity index (χ2v) is 7.06. The Bertz CT molecular complexity index is 770. The first-order valence-corrected chi connectivity index (χ1v) is 8.11. The highest BCUT2D eigenvalue weighted by atomic mass is 16.2. The SMILES string of the molecule is C=C1N(C)C(=O)C(C)(C(=O)C(=O)C2(C)C(=O)N(C)C(=O)N(C)C2=O)C(=O)N1C. The third-order valence-corrected chi connectivity index (χ3v) is 5.39. The number of hydrogen-bond acceptors (Lipinski definition) is 7. The zero-order valence-electron chi connectivity index (χ0n) is 16.4. The topological polar surface area (TPSA) is 132 Å². The van der Waals surface area contributed by atoms with E-state index in [1.165, 1.54) is 14.1 Å². The fourth-order valence-corrected chi connectivity index (χ4v) is 3.23. The quantitative estimate of drug-likeness (QED) is 0.426. The van der Waals surface area contributed by atoms with Crippen LogP contribution in [0, 0.1) is 10.8 Å². The van der Waals surface area contributed by atoms with Crippen molar-refractivity contribution < 1.29 is 33.6 Å². The van der Waals surface area contributed by atoms with Gasteiger partial charge >= 0.3 is 6.03 Å². The summed E-state index contributed by atoms with van der Waals surface area (Å²) in [5, 5.41) is 0. The number of urea groups is 1. The smallest absolute Gasteiger partial charge is 0.300 e. The summed E-state index contributed by atoms with van der Waals surface area (Å²) in [4.78, 5) is 91.4. The summed E-state index contributed by atoms with van der Waals surface area (Å²) in [6, 6.07) is -0.973. The number of carbonyl (C=O) groups is 7. The predicted octanol–water partition coefficient (Wildman–Crippen LogP) is -1.41. The summed E-state index contributed by atoms with van der Waals surface area (Å²) in [5.74, 6) is -7.55. The molecular weight excluding hydrogens is 372 g/mol. The summed E-state index contributed by atoms with van der Waals surface area (Å²) in [5.41, 5.74) is -5.06. The van der Waals surface area contributed by atoms with E-state index >= 15 is 0 Å². The lowest BCUT2D eigenvalue weighted by atomic mass is 9.71. The van der Waals surface area contributed by atoms with Crippen LogP contribution in [0.25, 0.3) is 0 Å². The molecule has 2 aliphatic rings. The minimum Gasteiger partial charge on any atom is -0.300 e. The third-order valence-electron chi connectivity index (χ3n) is 5.39. The number of Topliss-reactive ketones (excluding diaryl/α,β-unsaturated/α-hetero) is 2. The molecule has 0 aromatic carbocycles. The Labute approximate surface area is 160 Å². The highest BCUT2D eigenvalue weighted by Crippen LogP contribution is 2.37. The first kappa shape index (κ1) is 20.9. The minimum atomic E-state index is -2.58. The molecule has 2 fully saturated rings. The summed E-state index contributed by atoms with van der Waals surface area (Å²) in [6.07, 6.45) is 0. The Morgan fingerprint density at radius 1 is 0.643 bits per heavy atom. The molecule has 2 aliphatic heterocycles. The molecule has 11 heteroatoms. The molecular formula is C17H20N4O7. The van der Waals surface area contributed by atoms with Gasteiger partial charge in [-0.2, -0.15) is 0 Å². The van der Waals surface area contributed by atoms with E-state index in [1.54, 1.807) is 0 Å². The predicted molar refractivity (Wildman–Crippen MR) is 91.8 cm³/mol. The van der Waals surface area contributed by atoms with Crippen LogP contribution in [0.3, 0.4) is 0 Å². The van der Waals surface area contributed by atoms with Gasteiger partial charge in [-0.05, 0) is 13.8 Å². The first-order valence-electron chi connectivity index (χ1n) is 8.11. The Kier molecular flexibility index (Phi) is 4.54. The van der Waals surface area contributed by atoms with Crippen molar-refractivity contribution in [2.75, 3.05) is 28.2 Å². The fraction of sp³-hybridized carbons (Fsp3) is 0.471. The van der Waals surface area contributed by atoms with Crippen molar-refractivity contribution in [3.8, 4) is 0 Å². The Morgan fingerprint density at radius 2 is 0.893 bits per heavy atom. The van der Waals surface area contributed by atoms with E-state index in [0.29, 0.717) is 9.80 Å². The van der Waals surface area contributed by atoms with E-state index < -0.39 is 52.1 Å². The largest absolute Gasteiger partial charge is 0.332 e. The number of rotatable bonds is 3. The van der Waals surface area contributed by atoms with E-state index in [4.69, 9.17) is 0 Å². The van der Waals surface area contributed by atoms with Crippen LogP contribution < -0.4 is 0 Å². The number of imide groups is 2. The molecule has 2 rings (SSSR count). The highest BCUT2D eigenvalue weighted by molar-refractivity contribution is 6.56. The molecule has 11 nitrogen and oxygen atoms in total. The van der Waals surface area contributed by atoms with Gasteiger partial charge in [0, 0.05) is 28.2 Å². The molecule has 28 heavy (non-hydrogen) atoms. The second kappa shape index (κ2) is 6.08. The van der Waals surface area contributed by atoms with Gasteiger partial charge in [-0.1, -0.05) is 6.58 Å². The standard InChI is InChI=1S/C17H20N4O7/c1-8-18(4)11(24)16(2,12(25)19(8)5)9(22)10(23)17(3)13(26)20(6)15(28)21(7)14(17)27/h1H2,2-7H3. The van der Waals surface area contributed by atoms with Gasteiger partial charge in [-0.15, -0.1) is 0 Å². The van der Waals surface area contributed by atoms with E-state index in [9.17, 15) is 33.6 Å². The van der Waals surface area contributed by atoms with Gasteiger partial charge in [-0.3, -0.25) is 38.6 Å². The van der Waals surface area contributed by atoms with Gasteiger partial charge in [0.15, 0.2) is 10.8 Å². The van der Waals surface area contributed by atoms with Crippen molar-refractivity contribution >= 4 is 41.2 Å². The van der Waals surface area contributed by atoms with Gasteiger partial charge in [0.25, 0.3) is 23.6 Å². The number of hydrogen-bond donors (Lipinski definition) is 0. The first-order chi connectivity index (χ1) is 12.7. The van der Waals surface area contributed by atoms with Crippen LogP contribution in [-0.2, 0) is 28.8 Å². The Morgan fingerprint density at radius 3 is 1.18 bits per heavy atom. The van der Waals surface area contributed by atoms with Gasteiger partial charge in [0.05, 0.1) is 0 Å². The molecule has 0 radical (unpaired) electrons. The molecule has 0 aromatic heterocycles. The number of ketones is 2. The number of carbonyl (C=O) groups excluding carboxylic acids is 7.